The second-order valence-corrected chi connectivity index (χ2v) is 8.90. The first-order chi connectivity index (χ1) is 15.1. The zero-order valence-corrected chi connectivity index (χ0v) is 17.7. The fourth-order valence-corrected chi connectivity index (χ4v) is 5.29. The maximum atomic E-state index is 13.3. The van der Waals surface area contributed by atoms with Crippen molar-refractivity contribution in [2.45, 2.75) is 31.7 Å². The molecule has 2 saturated heterocycles. The topological polar surface area (TPSA) is 60.9 Å². The molecule has 3 heterocycles. The SMILES string of the molecule is O=C(C[C]1[CH][CH][CH][CH]1)N1CCC(C(=O)N2CC(=O)N3CCc4ccccc4C3C2)CC1. The number of carbonyl (C=O) groups excluding carboxylic acids is 3. The van der Waals surface area contributed by atoms with Crippen LogP contribution >= 0.6 is 0 Å². The summed E-state index contributed by atoms with van der Waals surface area (Å²) in [6.45, 7) is 2.68. The van der Waals surface area contributed by atoms with Crippen molar-refractivity contribution in [3.63, 3.8) is 0 Å². The second kappa shape index (κ2) is 8.64. The third-order valence-corrected chi connectivity index (χ3v) is 7.05. The minimum absolute atomic E-state index is 0.0404. The van der Waals surface area contributed by atoms with Gasteiger partial charge in [0.25, 0.3) is 0 Å². The molecular weight excluding hydrogens is 390 g/mol. The molecule has 3 amide bonds. The molecule has 3 aliphatic heterocycles. The Morgan fingerprint density at radius 2 is 1.71 bits per heavy atom. The molecule has 0 N–H and O–H groups in total. The van der Waals surface area contributed by atoms with Gasteiger partial charge in [-0.1, -0.05) is 24.3 Å². The molecular formula is C25H28N3O3. The number of piperazine rings is 1. The average molecular weight is 419 g/mol. The van der Waals surface area contributed by atoms with E-state index in [1.54, 1.807) is 4.90 Å². The number of amides is 3. The number of hydrogen-bond donors (Lipinski definition) is 0. The summed E-state index contributed by atoms with van der Waals surface area (Å²) >= 11 is 0. The van der Waals surface area contributed by atoms with E-state index in [2.05, 4.69) is 12.1 Å². The lowest BCUT2D eigenvalue weighted by Crippen LogP contribution is -2.57. The molecule has 1 aliphatic carbocycles. The first-order valence-electron chi connectivity index (χ1n) is 11.2. The Bertz CT molecular complexity index is 855. The average Bonchev–Trinajstić information content (AvgIpc) is 3.31. The van der Waals surface area contributed by atoms with E-state index in [1.807, 2.05) is 47.6 Å². The van der Waals surface area contributed by atoms with Crippen LogP contribution in [0.2, 0.25) is 0 Å². The molecule has 0 bridgehead atoms. The third kappa shape index (κ3) is 4.09. The number of rotatable bonds is 3. The number of likely N-dealkylation sites (tertiary alicyclic amines) is 1. The molecule has 3 fully saturated rings. The highest BCUT2D eigenvalue weighted by atomic mass is 16.2. The third-order valence-electron chi connectivity index (χ3n) is 7.05. The van der Waals surface area contributed by atoms with Crippen molar-refractivity contribution in [2.24, 2.45) is 5.92 Å². The van der Waals surface area contributed by atoms with Crippen LogP contribution in [0.25, 0.3) is 0 Å². The fraction of sp³-hybridized carbons (Fsp3) is 0.440. The van der Waals surface area contributed by atoms with Gasteiger partial charge in [0, 0.05) is 38.5 Å². The van der Waals surface area contributed by atoms with E-state index in [0.717, 1.165) is 18.9 Å². The molecule has 1 atom stereocenters. The van der Waals surface area contributed by atoms with Crippen molar-refractivity contribution in [1.82, 2.24) is 14.7 Å². The highest BCUT2D eigenvalue weighted by Crippen LogP contribution is 2.34. The Hall–Kier alpha value is -2.37. The van der Waals surface area contributed by atoms with Crippen molar-refractivity contribution < 1.29 is 14.4 Å². The summed E-state index contributed by atoms with van der Waals surface area (Å²) in [6, 6.07) is 8.22. The summed E-state index contributed by atoms with van der Waals surface area (Å²) < 4.78 is 0. The Labute approximate surface area is 184 Å². The van der Waals surface area contributed by atoms with Crippen molar-refractivity contribution >= 4 is 17.7 Å². The van der Waals surface area contributed by atoms with Crippen LogP contribution in [0.5, 0.6) is 0 Å². The van der Waals surface area contributed by atoms with Gasteiger partial charge in [0.15, 0.2) is 0 Å². The van der Waals surface area contributed by atoms with Crippen LogP contribution in [-0.2, 0) is 20.8 Å². The van der Waals surface area contributed by atoms with Gasteiger partial charge in [0.05, 0.1) is 12.6 Å². The van der Waals surface area contributed by atoms with Crippen molar-refractivity contribution in [3.8, 4) is 0 Å². The van der Waals surface area contributed by atoms with Crippen molar-refractivity contribution in [3.05, 3.63) is 67.0 Å². The van der Waals surface area contributed by atoms with Crippen LogP contribution in [0.1, 0.15) is 36.4 Å². The van der Waals surface area contributed by atoms with Gasteiger partial charge in [-0.05, 0) is 62.0 Å². The lowest BCUT2D eigenvalue weighted by Gasteiger charge is -2.45. The standard InChI is InChI=1S/C25H28N3O3/c29-23(15-18-5-1-2-6-18)26-12-9-20(10-13-26)25(31)27-16-22-21-8-4-3-7-19(21)11-14-28(22)24(30)17-27/h1-8,20,22H,9-17H2. The molecule has 0 aromatic heterocycles. The van der Waals surface area contributed by atoms with Gasteiger partial charge in [-0.25, -0.2) is 0 Å². The minimum atomic E-state index is -0.110. The number of hydrogen-bond acceptors (Lipinski definition) is 3. The molecule has 6 nitrogen and oxygen atoms in total. The molecule has 4 aliphatic rings. The highest BCUT2D eigenvalue weighted by molar-refractivity contribution is 5.88. The van der Waals surface area contributed by atoms with Gasteiger partial charge in [0.1, 0.15) is 0 Å². The van der Waals surface area contributed by atoms with Gasteiger partial charge in [-0.3, -0.25) is 14.4 Å². The molecule has 1 aromatic carbocycles. The van der Waals surface area contributed by atoms with Crippen molar-refractivity contribution in [2.75, 3.05) is 32.7 Å². The fourth-order valence-electron chi connectivity index (χ4n) is 5.29. The summed E-state index contributed by atoms with van der Waals surface area (Å²) in [6.07, 6.45) is 10.5. The Kier molecular flexibility index (Phi) is 5.72. The number of fused-ring (bicyclic) bond motifs is 3. The van der Waals surface area contributed by atoms with E-state index in [4.69, 9.17) is 0 Å². The smallest absolute Gasteiger partial charge is 0.242 e. The van der Waals surface area contributed by atoms with E-state index in [1.165, 1.54) is 11.1 Å². The van der Waals surface area contributed by atoms with Gasteiger partial charge in [-0.15, -0.1) is 0 Å². The summed E-state index contributed by atoms with van der Waals surface area (Å²) in [7, 11) is 0. The largest absolute Gasteiger partial charge is 0.343 e. The van der Waals surface area contributed by atoms with Crippen LogP contribution in [0, 0.1) is 37.5 Å². The summed E-state index contributed by atoms with van der Waals surface area (Å²) in [4.78, 5) is 44.2. The van der Waals surface area contributed by atoms with E-state index in [-0.39, 0.29) is 36.2 Å². The van der Waals surface area contributed by atoms with E-state index < -0.39 is 0 Å². The summed E-state index contributed by atoms with van der Waals surface area (Å²) in [5.74, 6) is 1.16. The summed E-state index contributed by atoms with van der Waals surface area (Å²) in [5.41, 5.74) is 2.45. The quantitative estimate of drug-likeness (QED) is 0.754. The monoisotopic (exact) mass is 418 g/mol. The lowest BCUT2D eigenvalue weighted by atomic mass is 9.89. The van der Waals surface area contributed by atoms with E-state index >= 15 is 0 Å². The van der Waals surface area contributed by atoms with Gasteiger partial charge >= 0.3 is 0 Å². The van der Waals surface area contributed by atoms with Gasteiger partial charge < -0.3 is 14.7 Å². The van der Waals surface area contributed by atoms with Crippen LogP contribution in [-0.4, -0.2) is 65.1 Å². The van der Waals surface area contributed by atoms with Gasteiger partial charge in [0.2, 0.25) is 17.7 Å². The molecule has 5 rings (SSSR count). The first-order valence-corrected chi connectivity index (χ1v) is 11.2. The number of carbonyl (C=O) groups is 3. The first kappa shape index (κ1) is 20.5. The highest BCUT2D eigenvalue weighted by Gasteiger charge is 2.40. The molecule has 1 unspecified atom stereocenters. The maximum Gasteiger partial charge on any atom is 0.242 e. The number of nitrogens with zero attached hydrogens (tertiary/aromatic N) is 3. The molecule has 6 heteroatoms. The lowest BCUT2D eigenvalue weighted by molar-refractivity contribution is -0.152. The van der Waals surface area contributed by atoms with Crippen molar-refractivity contribution in [1.29, 1.82) is 0 Å². The Balaban J connectivity index is 1.19. The Morgan fingerprint density at radius 3 is 2.48 bits per heavy atom. The maximum absolute atomic E-state index is 13.3. The van der Waals surface area contributed by atoms with E-state index in [0.29, 0.717) is 38.9 Å². The normalized spacial score (nSPS) is 24.8. The minimum Gasteiger partial charge on any atom is -0.343 e. The molecule has 1 saturated carbocycles. The number of benzene rings is 1. The van der Waals surface area contributed by atoms with Crippen LogP contribution in [0.15, 0.2) is 24.3 Å². The molecule has 1 aromatic rings. The zero-order chi connectivity index (χ0) is 21.4. The molecule has 31 heavy (non-hydrogen) atoms. The van der Waals surface area contributed by atoms with Crippen LogP contribution < -0.4 is 0 Å². The molecule has 0 spiro atoms. The second-order valence-electron chi connectivity index (χ2n) is 8.90. The van der Waals surface area contributed by atoms with Crippen LogP contribution in [0.3, 0.4) is 0 Å². The molecule has 161 valence electrons. The predicted molar refractivity (Wildman–Crippen MR) is 116 cm³/mol. The Morgan fingerprint density at radius 1 is 0.968 bits per heavy atom. The molecule has 5 radical (unpaired) electrons. The van der Waals surface area contributed by atoms with Crippen LogP contribution in [0.4, 0.5) is 0 Å². The summed E-state index contributed by atoms with van der Waals surface area (Å²) in [5, 5.41) is 0. The predicted octanol–water partition coefficient (Wildman–Crippen LogP) is 1.99. The van der Waals surface area contributed by atoms with Gasteiger partial charge in [-0.2, -0.15) is 0 Å². The van der Waals surface area contributed by atoms with E-state index in [9.17, 15) is 14.4 Å². The zero-order valence-electron chi connectivity index (χ0n) is 17.7. The number of piperidine rings is 1.